The summed E-state index contributed by atoms with van der Waals surface area (Å²) in [6, 6.07) is -0.484. The van der Waals surface area contributed by atoms with Crippen LogP contribution in [0.2, 0.25) is 0 Å². The summed E-state index contributed by atoms with van der Waals surface area (Å²) in [5.41, 5.74) is -0.0363. The van der Waals surface area contributed by atoms with Gasteiger partial charge in [0.2, 0.25) is 0 Å². The first kappa shape index (κ1) is 14.6. The van der Waals surface area contributed by atoms with E-state index in [1.165, 1.54) is 6.20 Å². The highest BCUT2D eigenvalue weighted by Gasteiger charge is 2.37. The molecule has 0 unspecified atom stereocenters. The average Bonchev–Trinajstić information content (AvgIpc) is 2.93. The van der Waals surface area contributed by atoms with Crippen molar-refractivity contribution in [3.05, 3.63) is 18.0 Å². The molecule has 1 aromatic heterocycles. The number of ether oxygens (including phenoxy) is 1. The highest BCUT2D eigenvalue weighted by atomic mass is 16.6. The number of hydrogen-bond acceptors (Lipinski definition) is 4. The van der Waals surface area contributed by atoms with Crippen molar-refractivity contribution in [1.29, 1.82) is 0 Å². The van der Waals surface area contributed by atoms with E-state index in [1.807, 2.05) is 20.8 Å². The molecule has 0 bridgehead atoms. The summed E-state index contributed by atoms with van der Waals surface area (Å²) in [5.74, 6) is -0.487. The summed E-state index contributed by atoms with van der Waals surface area (Å²) in [7, 11) is 1.76. The summed E-state index contributed by atoms with van der Waals surface area (Å²) in [4.78, 5) is 26.2. The zero-order valence-corrected chi connectivity index (χ0v) is 12.4. The number of aryl methyl sites for hydroxylation is 1. The molecule has 0 saturated carbocycles. The van der Waals surface area contributed by atoms with Crippen molar-refractivity contribution in [3.63, 3.8) is 0 Å². The molecule has 0 aliphatic carbocycles. The molecule has 6 nitrogen and oxygen atoms in total. The molecule has 1 aromatic rings. The van der Waals surface area contributed by atoms with Crippen LogP contribution in [0.25, 0.3) is 0 Å². The predicted octanol–water partition coefficient (Wildman–Crippen LogP) is 1.37. The SMILES string of the molecule is Cn1cc(C(=O)N2CCC[C@@H]2C(=O)OC(C)(C)C)cn1. The lowest BCUT2D eigenvalue weighted by Gasteiger charge is -2.27. The van der Waals surface area contributed by atoms with Crippen molar-refractivity contribution >= 4 is 11.9 Å². The Morgan fingerprint density at radius 1 is 1.40 bits per heavy atom. The molecule has 110 valence electrons. The van der Waals surface area contributed by atoms with E-state index < -0.39 is 11.6 Å². The molecule has 1 fully saturated rings. The van der Waals surface area contributed by atoms with E-state index in [0.29, 0.717) is 18.5 Å². The smallest absolute Gasteiger partial charge is 0.329 e. The third-order valence-corrected chi connectivity index (χ3v) is 3.14. The highest BCUT2D eigenvalue weighted by molar-refractivity contribution is 5.96. The monoisotopic (exact) mass is 279 g/mol. The largest absolute Gasteiger partial charge is 0.458 e. The van der Waals surface area contributed by atoms with Gasteiger partial charge in [0.15, 0.2) is 0 Å². The number of carbonyl (C=O) groups excluding carboxylic acids is 2. The van der Waals surface area contributed by atoms with E-state index >= 15 is 0 Å². The van der Waals surface area contributed by atoms with Gasteiger partial charge in [-0.25, -0.2) is 4.79 Å². The second-order valence-electron chi connectivity index (χ2n) is 6.09. The van der Waals surface area contributed by atoms with Crippen LogP contribution in [0.4, 0.5) is 0 Å². The molecule has 1 saturated heterocycles. The Morgan fingerprint density at radius 3 is 2.65 bits per heavy atom. The maximum absolute atomic E-state index is 12.4. The van der Waals surface area contributed by atoms with Crippen LogP contribution in [0.15, 0.2) is 12.4 Å². The van der Waals surface area contributed by atoms with Gasteiger partial charge in [-0.15, -0.1) is 0 Å². The number of carbonyl (C=O) groups is 2. The van der Waals surface area contributed by atoms with Crippen LogP contribution in [0.5, 0.6) is 0 Å². The van der Waals surface area contributed by atoms with E-state index in [0.717, 1.165) is 6.42 Å². The van der Waals surface area contributed by atoms with Crippen LogP contribution in [0.3, 0.4) is 0 Å². The summed E-state index contributed by atoms with van der Waals surface area (Å²) >= 11 is 0. The van der Waals surface area contributed by atoms with Crippen LogP contribution in [-0.2, 0) is 16.6 Å². The first-order chi connectivity index (χ1) is 9.28. The van der Waals surface area contributed by atoms with Crippen LogP contribution in [-0.4, -0.2) is 44.7 Å². The fourth-order valence-electron chi connectivity index (χ4n) is 2.32. The van der Waals surface area contributed by atoms with E-state index in [1.54, 1.807) is 22.8 Å². The minimum Gasteiger partial charge on any atom is -0.458 e. The average molecular weight is 279 g/mol. The van der Waals surface area contributed by atoms with Gasteiger partial charge in [0.1, 0.15) is 11.6 Å². The van der Waals surface area contributed by atoms with Gasteiger partial charge in [0.05, 0.1) is 11.8 Å². The second kappa shape index (κ2) is 5.26. The van der Waals surface area contributed by atoms with Crippen molar-refractivity contribution in [2.45, 2.75) is 45.3 Å². The van der Waals surface area contributed by atoms with Gasteiger partial charge in [0, 0.05) is 19.8 Å². The van der Waals surface area contributed by atoms with Gasteiger partial charge in [-0.3, -0.25) is 9.48 Å². The fraction of sp³-hybridized carbons (Fsp3) is 0.643. The minimum atomic E-state index is -0.539. The molecule has 1 amide bonds. The highest BCUT2D eigenvalue weighted by Crippen LogP contribution is 2.23. The van der Waals surface area contributed by atoms with Gasteiger partial charge in [-0.05, 0) is 33.6 Å². The zero-order valence-electron chi connectivity index (χ0n) is 12.4. The summed E-state index contributed by atoms with van der Waals surface area (Å²) in [5, 5.41) is 3.99. The fourth-order valence-corrected chi connectivity index (χ4v) is 2.32. The molecule has 1 aliphatic rings. The second-order valence-corrected chi connectivity index (χ2v) is 6.09. The van der Waals surface area contributed by atoms with Gasteiger partial charge in [0.25, 0.3) is 5.91 Å². The van der Waals surface area contributed by atoms with Crippen molar-refractivity contribution < 1.29 is 14.3 Å². The zero-order chi connectivity index (χ0) is 14.9. The van der Waals surface area contributed by atoms with Crippen LogP contribution in [0, 0.1) is 0 Å². The topological polar surface area (TPSA) is 64.4 Å². The molecule has 0 aromatic carbocycles. The first-order valence-corrected chi connectivity index (χ1v) is 6.80. The summed E-state index contributed by atoms with van der Waals surface area (Å²) in [6.45, 7) is 6.06. The molecule has 2 rings (SSSR count). The van der Waals surface area contributed by atoms with E-state index in [9.17, 15) is 9.59 Å². The number of amides is 1. The van der Waals surface area contributed by atoms with Crippen molar-refractivity contribution in [3.8, 4) is 0 Å². The number of aromatic nitrogens is 2. The Kier molecular flexibility index (Phi) is 3.83. The lowest BCUT2D eigenvalue weighted by atomic mass is 10.1. The quantitative estimate of drug-likeness (QED) is 0.767. The van der Waals surface area contributed by atoms with Crippen LogP contribution >= 0.6 is 0 Å². The molecule has 0 N–H and O–H groups in total. The van der Waals surface area contributed by atoms with E-state index in [-0.39, 0.29) is 11.9 Å². The lowest BCUT2D eigenvalue weighted by Crippen LogP contribution is -2.43. The normalized spacial score (nSPS) is 19.2. The Balaban J connectivity index is 2.11. The van der Waals surface area contributed by atoms with Crippen LogP contribution in [0.1, 0.15) is 44.0 Å². The Hall–Kier alpha value is -1.85. The standard InChI is InChI=1S/C14H21N3O3/c1-14(2,3)20-13(19)11-6-5-7-17(11)12(18)10-8-15-16(4)9-10/h8-9,11H,5-7H2,1-4H3/t11-/m1/s1. The maximum atomic E-state index is 12.4. The predicted molar refractivity (Wildman–Crippen MR) is 73.1 cm³/mol. The van der Waals surface area contributed by atoms with E-state index in [2.05, 4.69) is 5.10 Å². The van der Waals surface area contributed by atoms with Crippen molar-refractivity contribution in [2.24, 2.45) is 7.05 Å². The van der Waals surface area contributed by atoms with Gasteiger partial charge < -0.3 is 9.64 Å². The molecular formula is C14H21N3O3. The minimum absolute atomic E-state index is 0.161. The third kappa shape index (κ3) is 3.18. The first-order valence-electron chi connectivity index (χ1n) is 6.80. The van der Waals surface area contributed by atoms with Crippen LogP contribution < -0.4 is 0 Å². The number of nitrogens with zero attached hydrogens (tertiary/aromatic N) is 3. The Bertz CT molecular complexity index is 516. The number of esters is 1. The molecule has 0 radical (unpaired) electrons. The van der Waals surface area contributed by atoms with Crippen molar-refractivity contribution in [2.75, 3.05) is 6.54 Å². The molecule has 1 aliphatic heterocycles. The van der Waals surface area contributed by atoms with E-state index in [4.69, 9.17) is 4.74 Å². The molecule has 20 heavy (non-hydrogen) atoms. The van der Waals surface area contributed by atoms with Gasteiger partial charge in [-0.1, -0.05) is 0 Å². The third-order valence-electron chi connectivity index (χ3n) is 3.14. The Morgan fingerprint density at radius 2 is 2.10 bits per heavy atom. The van der Waals surface area contributed by atoms with Crippen molar-refractivity contribution in [1.82, 2.24) is 14.7 Å². The number of hydrogen-bond donors (Lipinski definition) is 0. The number of rotatable bonds is 2. The molecule has 1 atom stereocenters. The lowest BCUT2D eigenvalue weighted by molar-refractivity contribution is -0.159. The molecule has 2 heterocycles. The summed E-state index contributed by atoms with van der Waals surface area (Å²) in [6.07, 6.45) is 4.65. The molecule has 0 spiro atoms. The molecule has 6 heteroatoms. The van der Waals surface area contributed by atoms with Gasteiger partial charge >= 0.3 is 5.97 Å². The summed E-state index contributed by atoms with van der Waals surface area (Å²) < 4.78 is 6.96. The molecular weight excluding hydrogens is 258 g/mol. The Labute approximate surface area is 118 Å². The number of likely N-dealkylation sites (tertiary alicyclic amines) is 1. The maximum Gasteiger partial charge on any atom is 0.329 e. The van der Waals surface area contributed by atoms with Gasteiger partial charge in [-0.2, -0.15) is 5.10 Å².